The molecule has 31 heavy (non-hydrogen) atoms. The van der Waals surface area contributed by atoms with Gasteiger partial charge in [0, 0.05) is 25.1 Å². The van der Waals surface area contributed by atoms with Gasteiger partial charge in [0.1, 0.15) is 18.9 Å². The zero-order valence-corrected chi connectivity index (χ0v) is 17.4. The molecule has 9 nitrogen and oxygen atoms in total. The molecule has 1 saturated carbocycles. The molecule has 1 aliphatic heterocycles. The summed E-state index contributed by atoms with van der Waals surface area (Å²) in [5.41, 5.74) is 1.24. The highest BCUT2D eigenvalue weighted by Gasteiger charge is 2.23. The van der Waals surface area contributed by atoms with E-state index in [2.05, 4.69) is 15.7 Å². The Balaban J connectivity index is 1.23. The van der Waals surface area contributed by atoms with Gasteiger partial charge in [-0.15, -0.1) is 0 Å². The summed E-state index contributed by atoms with van der Waals surface area (Å²) in [4.78, 5) is 38.7. The van der Waals surface area contributed by atoms with Crippen LogP contribution in [0.4, 0.5) is 11.4 Å². The number of benzene rings is 1. The zero-order chi connectivity index (χ0) is 21.6. The van der Waals surface area contributed by atoms with Crippen molar-refractivity contribution in [1.82, 2.24) is 15.1 Å². The van der Waals surface area contributed by atoms with Crippen molar-refractivity contribution in [3.63, 3.8) is 0 Å². The number of amides is 3. The molecule has 2 aliphatic rings. The Labute approximate surface area is 180 Å². The molecule has 2 N–H and O–H groups in total. The summed E-state index contributed by atoms with van der Waals surface area (Å²) >= 11 is 0. The lowest BCUT2D eigenvalue weighted by Crippen LogP contribution is -2.38. The van der Waals surface area contributed by atoms with Crippen molar-refractivity contribution >= 4 is 29.1 Å². The normalized spacial score (nSPS) is 15.8. The fourth-order valence-corrected chi connectivity index (χ4v) is 4.01. The van der Waals surface area contributed by atoms with E-state index >= 15 is 0 Å². The van der Waals surface area contributed by atoms with Gasteiger partial charge in [-0.25, -0.2) is 0 Å². The summed E-state index contributed by atoms with van der Waals surface area (Å²) in [5.74, 6) is 0.204. The van der Waals surface area contributed by atoms with Gasteiger partial charge in [0.05, 0.1) is 24.1 Å². The third-order valence-electron chi connectivity index (χ3n) is 5.54. The van der Waals surface area contributed by atoms with Gasteiger partial charge in [0.2, 0.25) is 17.7 Å². The Morgan fingerprint density at radius 2 is 1.90 bits per heavy atom. The third-order valence-corrected chi connectivity index (χ3v) is 5.54. The number of carbonyl (C=O) groups is 3. The number of fused-ring (bicyclic) bond motifs is 1. The van der Waals surface area contributed by atoms with Crippen LogP contribution in [0.3, 0.4) is 0 Å². The maximum absolute atomic E-state index is 12.6. The number of nitrogens with zero attached hydrogens (tertiary/aromatic N) is 3. The van der Waals surface area contributed by atoms with E-state index in [0.29, 0.717) is 24.6 Å². The Kier molecular flexibility index (Phi) is 6.49. The minimum absolute atomic E-state index is 0.0612. The molecule has 0 unspecified atom stereocenters. The summed E-state index contributed by atoms with van der Waals surface area (Å²) in [6.45, 7) is 1.01. The van der Waals surface area contributed by atoms with Crippen molar-refractivity contribution < 1.29 is 19.1 Å². The van der Waals surface area contributed by atoms with Crippen LogP contribution >= 0.6 is 0 Å². The number of rotatable bonds is 7. The van der Waals surface area contributed by atoms with Gasteiger partial charge >= 0.3 is 0 Å². The molecule has 1 aromatic carbocycles. The van der Waals surface area contributed by atoms with E-state index in [1.165, 1.54) is 10.9 Å². The molecule has 2 aromatic rings. The molecule has 0 bridgehead atoms. The quantitative estimate of drug-likeness (QED) is 0.707. The number of para-hydroxylation sites is 2. The lowest BCUT2D eigenvalue weighted by atomic mass is 10.2. The number of hydrogen-bond acceptors (Lipinski definition) is 5. The van der Waals surface area contributed by atoms with Crippen molar-refractivity contribution in [2.75, 3.05) is 23.4 Å². The van der Waals surface area contributed by atoms with Crippen LogP contribution in [0, 0.1) is 0 Å². The molecule has 0 saturated heterocycles. The number of aromatic nitrogens is 2. The van der Waals surface area contributed by atoms with Crippen molar-refractivity contribution in [2.45, 2.75) is 51.1 Å². The molecule has 1 aliphatic carbocycles. The fourth-order valence-electron chi connectivity index (χ4n) is 4.01. The van der Waals surface area contributed by atoms with Crippen molar-refractivity contribution in [3.8, 4) is 5.75 Å². The lowest BCUT2D eigenvalue weighted by molar-refractivity contribution is -0.122. The molecular formula is C22H27N5O4. The molecule has 9 heteroatoms. The van der Waals surface area contributed by atoms with Gasteiger partial charge in [-0.3, -0.25) is 19.1 Å². The van der Waals surface area contributed by atoms with Gasteiger partial charge in [-0.05, 0) is 25.0 Å². The highest BCUT2D eigenvalue weighted by atomic mass is 16.5. The smallest absolute Gasteiger partial charge is 0.241 e. The van der Waals surface area contributed by atoms with E-state index in [-0.39, 0.29) is 43.1 Å². The maximum atomic E-state index is 12.6. The Bertz CT molecular complexity index is 951. The Hall–Kier alpha value is -3.36. The topological polar surface area (TPSA) is 106 Å². The molecule has 164 valence electrons. The molecule has 1 fully saturated rings. The van der Waals surface area contributed by atoms with Crippen molar-refractivity contribution in [3.05, 3.63) is 36.7 Å². The van der Waals surface area contributed by atoms with Gasteiger partial charge in [0.25, 0.3) is 0 Å². The molecule has 2 heterocycles. The Morgan fingerprint density at radius 1 is 1.10 bits per heavy atom. The van der Waals surface area contributed by atoms with Crippen LogP contribution in [0.25, 0.3) is 0 Å². The SMILES string of the molecule is O=C(CCC(=O)N1CCOc2ccccc21)Nc1cnn(CC(=O)NC2CCCC2)c1. The molecule has 4 rings (SSSR count). The van der Waals surface area contributed by atoms with E-state index in [0.717, 1.165) is 31.4 Å². The summed E-state index contributed by atoms with van der Waals surface area (Å²) in [6.07, 6.45) is 7.64. The standard InChI is InChI=1S/C22H27N5O4/c28-20(9-10-22(30)27-11-12-31-19-8-4-3-7-18(19)27)25-17-13-23-26(14-17)15-21(29)24-16-5-1-2-6-16/h3-4,7-8,13-14,16H,1-2,5-6,9-12,15H2,(H,24,29)(H,25,28). The van der Waals surface area contributed by atoms with Crippen LogP contribution in [0.15, 0.2) is 36.7 Å². The van der Waals surface area contributed by atoms with E-state index < -0.39 is 0 Å². The number of carbonyl (C=O) groups excluding carboxylic acids is 3. The maximum Gasteiger partial charge on any atom is 0.241 e. The summed E-state index contributed by atoms with van der Waals surface area (Å²) < 4.78 is 7.06. The van der Waals surface area contributed by atoms with E-state index in [1.807, 2.05) is 24.3 Å². The average molecular weight is 425 g/mol. The zero-order valence-electron chi connectivity index (χ0n) is 17.4. The molecule has 1 aromatic heterocycles. The largest absolute Gasteiger partial charge is 0.490 e. The second-order valence-electron chi connectivity index (χ2n) is 7.89. The second kappa shape index (κ2) is 9.63. The number of hydrogen-bond donors (Lipinski definition) is 2. The van der Waals surface area contributed by atoms with Gasteiger partial charge in [-0.1, -0.05) is 25.0 Å². The lowest BCUT2D eigenvalue weighted by Gasteiger charge is -2.29. The monoisotopic (exact) mass is 425 g/mol. The number of ether oxygens (including phenoxy) is 1. The minimum Gasteiger partial charge on any atom is -0.490 e. The minimum atomic E-state index is -0.273. The first-order valence-electron chi connectivity index (χ1n) is 10.7. The van der Waals surface area contributed by atoms with Crippen molar-refractivity contribution in [1.29, 1.82) is 0 Å². The van der Waals surface area contributed by atoms with Crippen molar-refractivity contribution in [2.24, 2.45) is 0 Å². The van der Waals surface area contributed by atoms with Crippen LogP contribution < -0.4 is 20.3 Å². The predicted molar refractivity (Wildman–Crippen MR) is 115 cm³/mol. The fraction of sp³-hybridized carbons (Fsp3) is 0.455. The van der Waals surface area contributed by atoms with E-state index in [1.54, 1.807) is 11.1 Å². The van der Waals surface area contributed by atoms with Crippen LogP contribution in [0.1, 0.15) is 38.5 Å². The summed E-state index contributed by atoms with van der Waals surface area (Å²) in [6, 6.07) is 7.64. The molecule has 0 spiro atoms. The molecular weight excluding hydrogens is 398 g/mol. The molecule has 3 amide bonds. The highest BCUT2D eigenvalue weighted by molar-refractivity contribution is 5.99. The van der Waals surface area contributed by atoms with Gasteiger partial charge < -0.3 is 20.3 Å². The number of anilines is 2. The summed E-state index contributed by atoms with van der Waals surface area (Å²) in [7, 11) is 0. The number of nitrogens with one attached hydrogen (secondary N) is 2. The van der Waals surface area contributed by atoms with E-state index in [9.17, 15) is 14.4 Å². The average Bonchev–Trinajstić information content (AvgIpc) is 3.43. The van der Waals surface area contributed by atoms with Gasteiger partial charge in [0.15, 0.2) is 0 Å². The van der Waals surface area contributed by atoms with E-state index in [4.69, 9.17) is 4.74 Å². The molecule has 0 atom stereocenters. The van der Waals surface area contributed by atoms with Crippen LogP contribution in [0.2, 0.25) is 0 Å². The Morgan fingerprint density at radius 3 is 2.74 bits per heavy atom. The predicted octanol–water partition coefficient (Wildman–Crippen LogP) is 2.09. The molecule has 0 radical (unpaired) electrons. The highest BCUT2D eigenvalue weighted by Crippen LogP contribution is 2.31. The van der Waals surface area contributed by atoms with Crippen LogP contribution in [-0.2, 0) is 20.9 Å². The first-order chi connectivity index (χ1) is 15.1. The second-order valence-corrected chi connectivity index (χ2v) is 7.89. The first-order valence-corrected chi connectivity index (χ1v) is 10.7. The first kappa shape index (κ1) is 20.9. The van der Waals surface area contributed by atoms with Crippen LogP contribution in [-0.4, -0.2) is 46.7 Å². The van der Waals surface area contributed by atoms with Gasteiger partial charge in [-0.2, -0.15) is 5.10 Å². The summed E-state index contributed by atoms with van der Waals surface area (Å²) in [5, 5.41) is 9.88. The third kappa shape index (κ3) is 5.42. The van der Waals surface area contributed by atoms with Crippen LogP contribution in [0.5, 0.6) is 5.75 Å².